The highest BCUT2D eigenvalue weighted by molar-refractivity contribution is 7.16. The van der Waals surface area contributed by atoms with Crippen LogP contribution in [0.5, 0.6) is 0 Å². The lowest BCUT2D eigenvalue weighted by atomic mass is 9.98. The number of aromatic nitrogens is 5. The largest absolute Gasteiger partial charge is 0.356 e. The van der Waals surface area contributed by atoms with Crippen LogP contribution in [0.25, 0.3) is 10.2 Å². The van der Waals surface area contributed by atoms with E-state index in [1.165, 1.54) is 18.2 Å². The number of fused-ring (bicyclic) bond motifs is 1. The standard InChI is InChI=1S/C16H20N6S/c1-11-19-12(2)22(20-11)9-13-4-3-6-21(8-13)15-14-5-7-23-16(14)18-10-17-15/h5,7,10,13H,3-4,6,8-9H2,1-2H3/t13-/m1/s1. The molecule has 0 saturated carbocycles. The van der Waals surface area contributed by atoms with E-state index in [1.807, 2.05) is 18.5 Å². The Labute approximate surface area is 139 Å². The van der Waals surface area contributed by atoms with Gasteiger partial charge in [0.15, 0.2) is 0 Å². The number of piperidine rings is 1. The lowest BCUT2D eigenvalue weighted by Gasteiger charge is -2.33. The first kappa shape index (κ1) is 14.6. The predicted octanol–water partition coefficient (Wildman–Crippen LogP) is 2.82. The summed E-state index contributed by atoms with van der Waals surface area (Å²) in [6.07, 6.45) is 4.10. The molecule has 0 aliphatic carbocycles. The molecule has 1 aliphatic heterocycles. The zero-order valence-electron chi connectivity index (χ0n) is 13.4. The highest BCUT2D eigenvalue weighted by Gasteiger charge is 2.23. The first-order valence-electron chi connectivity index (χ1n) is 8.02. The van der Waals surface area contributed by atoms with Crippen molar-refractivity contribution < 1.29 is 0 Å². The second-order valence-electron chi connectivity index (χ2n) is 6.18. The Kier molecular flexibility index (Phi) is 3.72. The van der Waals surface area contributed by atoms with Gasteiger partial charge in [0.1, 0.15) is 28.6 Å². The molecule has 1 fully saturated rings. The van der Waals surface area contributed by atoms with E-state index in [9.17, 15) is 0 Å². The van der Waals surface area contributed by atoms with Crippen LogP contribution in [0.2, 0.25) is 0 Å². The van der Waals surface area contributed by atoms with Gasteiger partial charge in [-0.25, -0.2) is 19.6 Å². The summed E-state index contributed by atoms with van der Waals surface area (Å²) in [5, 5.41) is 7.77. The van der Waals surface area contributed by atoms with Crippen LogP contribution in [0.15, 0.2) is 17.8 Å². The van der Waals surface area contributed by atoms with Gasteiger partial charge in [0.05, 0.1) is 5.39 Å². The normalized spacial score (nSPS) is 18.7. The van der Waals surface area contributed by atoms with Gasteiger partial charge in [0, 0.05) is 19.6 Å². The Morgan fingerprint density at radius 2 is 2.22 bits per heavy atom. The average molecular weight is 328 g/mol. The number of nitrogens with zero attached hydrogens (tertiary/aromatic N) is 6. The van der Waals surface area contributed by atoms with Crippen molar-refractivity contribution in [2.45, 2.75) is 33.2 Å². The fraction of sp³-hybridized carbons (Fsp3) is 0.500. The lowest BCUT2D eigenvalue weighted by Crippen LogP contribution is -2.38. The molecule has 1 aliphatic rings. The summed E-state index contributed by atoms with van der Waals surface area (Å²) in [5.41, 5.74) is 0. The minimum absolute atomic E-state index is 0.576. The Morgan fingerprint density at radius 3 is 3.04 bits per heavy atom. The van der Waals surface area contributed by atoms with Crippen LogP contribution in [-0.2, 0) is 6.54 Å². The van der Waals surface area contributed by atoms with Crippen molar-refractivity contribution in [2.75, 3.05) is 18.0 Å². The molecule has 4 rings (SSSR count). The van der Waals surface area contributed by atoms with Crippen LogP contribution < -0.4 is 4.90 Å². The van der Waals surface area contributed by atoms with Gasteiger partial charge in [-0.3, -0.25) is 0 Å². The zero-order chi connectivity index (χ0) is 15.8. The SMILES string of the molecule is Cc1nc(C)n(C[C@@H]2CCCN(c3ncnc4sccc34)C2)n1. The van der Waals surface area contributed by atoms with Crippen molar-refractivity contribution >= 4 is 27.4 Å². The van der Waals surface area contributed by atoms with E-state index in [0.29, 0.717) is 5.92 Å². The van der Waals surface area contributed by atoms with Crippen molar-refractivity contribution in [3.8, 4) is 0 Å². The summed E-state index contributed by atoms with van der Waals surface area (Å²) in [6.45, 7) is 6.99. The van der Waals surface area contributed by atoms with E-state index in [4.69, 9.17) is 0 Å². The van der Waals surface area contributed by atoms with Crippen molar-refractivity contribution in [1.82, 2.24) is 24.7 Å². The summed E-state index contributed by atoms with van der Waals surface area (Å²) < 4.78 is 2.05. The Hall–Kier alpha value is -2.02. The number of anilines is 1. The highest BCUT2D eigenvalue weighted by atomic mass is 32.1. The zero-order valence-corrected chi connectivity index (χ0v) is 14.3. The van der Waals surface area contributed by atoms with Crippen LogP contribution in [0.4, 0.5) is 5.82 Å². The molecule has 0 aromatic carbocycles. The maximum Gasteiger partial charge on any atom is 0.147 e. The van der Waals surface area contributed by atoms with Crippen molar-refractivity contribution in [1.29, 1.82) is 0 Å². The number of hydrogen-bond acceptors (Lipinski definition) is 6. The molecule has 0 bridgehead atoms. The molecule has 120 valence electrons. The Bertz CT molecular complexity index is 823. The van der Waals surface area contributed by atoms with E-state index in [0.717, 1.165) is 41.9 Å². The third kappa shape index (κ3) is 2.81. The maximum absolute atomic E-state index is 4.55. The Morgan fingerprint density at radius 1 is 1.30 bits per heavy atom. The molecule has 0 unspecified atom stereocenters. The summed E-state index contributed by atoms with van der Waals surface area (Å²) in [6, 6.07) is 2.13. The number of thiophene rings is 1. The number of rotatable bonds is 3. The first-order chi connectivity index (χ1) is 11.2. The summed E-state index contributed by atoms with van der Waals surface area (Å²) in [5.74, 6) is 3.51. The van der Waals surface area contributed by atoms with Crippen molar-refractivity contribution in [3.63, 3.8) is 0 Å². The molecule has 1 saturated heterocycles. The van der Waals surface area contributed by atoms with E-state index in [1.54, 1.807) is 17.7 Å². The van der Waals surface area contributed by atoms with Gasteiger partial charge in [-0.1, -0.05) is 0 Å². The van der Waals surface area contributed by atoms with Gasteiger partial charge in [0.2, 0.25) is 0 Å². The van der Waals surface area contributed by atoms with Crippen LogP contribution in [0.3, 0.4) is 0 Å². The van der Waals surface area contributed by atoms with E-state index >= 15 is 0 Å². The lowest BCUT2D eigenvalue weighted by molar-refractivity contribution is 0.347. The van der Waals surface area contributed by atoms with Gasteiger partial charge in [-0.2, -0.15) is 5.10 Å². The minimum Gasteiger partial charge on any atom is -0.356 e. The first-order valence-corrected chi connectivity index (χ1v) is 8.90. The molecular formula is C16H20N6S. The van der Waals surface area contributed by atoms with E-state index < -0.39 is 0 Å². The second kappa shape index (κ2) is 5.88. The van der Waals surface area contributed by atoms with Gasteiger partial charge >= 0.3 is 0 Å². The fourth-order valence-corrected chi connectivity index (χ4v) is 4.14. The molecule has 0 spiro atoms. The summed E-state index contributed by atoms with van der Waals surface area (Å²) >= 11 is 1.67. The van der Waals surface area contributed by atoms with E-state index in [-0.39, 0.29) is 0 Å². The van der Waals surface area contributed by atoms with Crippen LogP contribution in [0.1, 0.15) is 24.5 Å². The molecule has 3 aromatic heterocycles. The molecule has 1 atom stereocenters. The van der Waals surface area contributed by atoms with Gasteiger partial charge in [-0.15, -0.1) is 11.3 Å². The van der Waals surface area contributed by atoms with E-state index in [2.05, 4.69) is 36.4 Å². The van der Waals surface area contributed by atoms with Crippen LogP contribution in [-0.4, -0.2) is 37.8 Å². The quantitative estimate of drug-likeness (QED) is 0.740. The average Bonchev–Trinajstić information content (AvgIpc) is 3.14. The summed E-state index contributed by atoms with van der Waals surface area (Å²) in [7, 11) is 0. The van der Waals surface area contributed by atoms with Crippen molar-refractivity contribution in [3.05, 3.63) is 29.4 Å². The monoisotopic (exact) mass is 328 g/mol. The molecule has 0 radical (unpaired) electrons. The third-order valence-electron chi connectivity index (χ3n) is 4.45. The summed E-state index contributed by atoms with van der Waals surface area (Å²) in [4.78, 5) is 16.8. The van der Waals surface area contributed by atoms with Crippen LogP contribution in [0, 0.1) is 19.8 Å². The topological polar surface area (TPSA) is 59.7 Å². The third-order valence-corrected chi connectivity index (χ3v) is 5.27. The smallest absolute Gasteiger partial charge is 0.147 e. The van der Waals surface area contributed by atoms with Crippen LogP contribution >= 0.6 is 11.3 Å². The minimum atomic E-state index is 0.576. The molecule has 6 nitrogen and oxygen atoms in total. The molecule has 0 N–H and O–H groups in total. The van der Waals surface area contributed by atoms with Gasteiger partial charge in [-0.05, 0) is 44.1 Å². The molecule has 4 heterocycles. The predicted molar refractivity (Wildman–Crippen MR) is 91.8 cm³/mol. The van der Waals surface area contributed by atoms with Crippen molar-refractivity contribution in [2.24, 2.45) is 5.92 Å². The molecular weight excluding hydrogens is 308 g/mol. The molecule has 3 aromatic rings. The van der Waals surface area contributed by atoms with Gasteiger partial charge < -0.3 is 4.90 Å². The molecule has 7 heteroatoms. The van der Waals surface area contributed by atoms with Gasteiger partial charge in [0.25, 0.3) is 0 Å². The maximum atomic E-state index is 4.55. The molecule has 23 heavy (non-hydrogen) atoms. The number of hydrogen-bond donors (Lipinski definition) is 0. The number of aryl methyl sites for hydroxylation is 2. The second-order valence-corrected chi connectivity index (χ2v) is 7.07. The fourth-order valence-electron chi connectivity index (χ4n) is 3.41. The highest BCUT2D eigenvalue weighted by Crippen LogP contribution is 2.30. The molecule has 0 amide bonds. The Balaban J connectivity index is 1.55.